The van der Waals surface area contributed by atoms with Crippen LogP contribution in [0.25, 0.3) is 21.7 Å². The Morgan fingerprint density at radius 1 is 1.55 bits per heavy atom. The van der Waals surface area contributed by atoms with Crippen LogP contribution in [-0.4, -0.2) is 17.2 Å². The zero-order chi connectivity index (χ0) is 14.5. The van der Waals surface area contributed by atoms with Crippen molar-refractivity contribution < 1.29 is 14.2 Å². The first-order valence-corrected chi connectivity index (χ1v) is 5.45. The molecule has 0 spiro atoms. The minimum atomic E-state index is -0.538. The van der Waals surface area contributed by atoms with Gasteiger partial charge in [0.25, 0.3) is 0 Å². The van der Waals surface area contributed by atoms with Gasteiger partial charge in [-0.25, -0.2) is 0 Å². The molecule has 0 bridgehead atoms. The number of nitro benzene ring substituents is 1. The summed E-state index contributed by atoms with van der Waals surface area (Å²) in [6.45, 7) is 0.0295. The van der Waals surface area contributed by atoms with Gasteiger partial charge in [0.15, 0.2) is 5.75 Å². The highest BCUT2D eigenvalue weighted by Crippen LogP contribution is 2.31. The average molecular weight is 275 g/mol. The fourth-order valence-corrected chi connectivity index (χ4v) is 1.62. The molecule has 9 heteroatoms. The SMILES string of the molecule is COc1ccc(-c2cc(CN=[N+]=[N-])on2)cc1[N+](=O)[O-]. The van der Waals surface area contributed by atoms with E-state index in [2.05, 4.69) is 15.2 Å². The van der Waals surface area contributed by atoms with E-state index in [0.717, 1.165) is 0 Å². The third kappa shape index (κ3) is 2.68. The van der Waals surface area contributed by atoms with Gasteiger partial charge in [-0.3, -0.25) is 10.1 Å². The molecule has 20 heavy (non-hydrogen) atoms. The normalized spacial score (nSPS) is 9.85. The molecule has 1 aromatic heterocycles. The van der Waals surface area contributed by atoms with Crippen LogP contribution in [-0.2, 0) is 6.54 Å². The van der Waals surface area contributed by atoms with E-state index in [1.807, 2.05) is 0 Å². The minimum Gasteiger partial charge on any atom is -0.490 e. The number of hydrogen-bond donors (Lipinski definition) is 0. The highest BCUT2D eigenvalue weighted by Gasteiger charge is 2.17. The van der Waals surface area contributed by atoms with Gasteiger partial charge < -0.3 is 9.26 Å². The smallest absolute Gasteiger partial charge is 0.311 e. The predicted molar refractivity (Wildman–Crippen MR) is 68.0 cm³/mol. The van der Waals surface area contributed by atoms with Crippen LogP contribution < -0.4 is 4.74 Å². The van der Waals surface area contributed by atoms with Crippen LogP contribution >= 0.6 is 0 Å². The van der Waals surface area contributed by atoms with Gasteiger partial charge in [0.05, 0.1) is 18.6 Å². The number of methoxy groups -OCH3 is 1. The van der Waals surface area contributed by atoms with Crippen LogP contribution in [0.4, 0.5) is 5.69 Å². The summed E-state index contributed by atoms with van der Waals surface area (Å²) in [6.07, 6.45) is 0. The van der Waals surface area contributed by atoms with Crippen molar-refractivity contribution in [2.75, 3.05) is 7.11 Å². The van der Waals surface area contributed by atoms with E-state index in [1.165, 1.54) is 19.2 Å². The van der Waals surface area contributed by atoms with E-state index in [9.17, 15) is 10.1 Å². The molecule has 0 fully saturated rings. The van der Waals surface area contributed by atoms with Crippen LogP contribution in [0.2, 0.25) is 0 Å². The first-order valence-electron chi connectivity index (χ1n) is 5.45. The quantitative estimate of drug-likeness (QED) is 0.272. The van der Waals surface area contributed by atoms with E-state index in [-0.39, 0.29) is 18.0 Å². The zero-order valence-electron chi connectivity index (χ0n) is 10.4. The lowest BCUT2D eigenvalue weighted by molar-refractivity contribution is -0.385. The van der Waals surface area contributed by atoms with Crippen molar-refractivity contribution >= 4 is 5.69 Å². The second kappa shape index (κ2) is 5.72. The predicted octanol–water partition coefficient (Wildman–Crippen LogP) is 3.07. The summed E-state index contributed by atoms with van der Waals surface area (Å²) >= 11 is 0. The topological polar surface area (TPSA) is 127 Å². The molecule has 9 nitrogen and oxygen atoms in total. The Labute approximate surface area is 112 Å². The molecule has 1 aromatic carbocycles. The molecule has 0 aliphatic heterocycles. The van der Waals surface area contributed by atoms with Crippen LogP contribution in [0.3, 0.4) is 0 Å². The fraction of sp³-hybridized carbons (Fsp3) is 0.182. The number of ether oxygens (including phenoxy) is 1. The summed E-state index contributed by atoms with van der Waals surface area (Å²) < 4.78 is 9.88. The Morgan fingerprint density at radius 3 is 3.00 bits per heavy atom. The number of azide groups is 1. The highest BCUT2D eigenvalue weighted by molar-refractivity contribution is 5.65. The van der Waals surface area contributed by atoms with Crippen molar-refractivity contribution in [3.63, 3.8) is 0 Å². The Morgan fingerprint density at radius 2 is 2.35 bits per heavy atom. The van der Waals surface area contributed by atoms with Gasteiger partial charge in [0.1, 0.15) is 11.5 Å². The summed E-state index contributed by atoms with van der Waals surface area (Å²) in [5.74, 6) is 0.535. The van der Waals surface area contributed by atoms with Crippen LogP contribution in [0.5, 0.6) is 5.75 Å². The zero-order valence-corrected chi connectivity index (χ0v) is 10.4. The third-order valence-electron chi connectivity index (χ3n) is 2.52. The second-order valence-corrected chi connectivity index (χ2v) is 3.71. The Balaban J connectivity index is 2.37. The van der Waals surface area contributed by atoms with Gasteiger partial charge in [-0.05, 0) is 17.7 Å². The number of hydrogen-bond acceptors (Lipinski definition) is 6. The van der Waals surface area contributed by atoms with Crippen LogP contribution in [0.1, 0.15) is 5.76 Å². The van der Waals surface area contributed by atoms with E-state index < -0.39 is 4.92 Å². The van der Waals surface area contributed by atoms with Gasteiger partial charge in [0.2, 0.25) is 0 Å². The summed E-state index contributed by atoms with van der Waals surface area (Å²) in [4.78, 5) is 13.0. The molecular formula is C11H9N5O4. The van der Waals surface area contributed by atoms with Gasteiger partial charge >= 0.3 is 5.69 Å². The number of nitro groups is 1. The maximum absolute atomic E-state index is 10.9. The largest absolute Gasteiger partial charge is 0.490 e. The van der Waals surface area contributed by atoms with Crippen molar-refractivity contribution in [2.45, 2.75) is 6.54 Å². The van der Waals surface area contributed by atoms with Crippen LogP contribution in [0.15, 0.2) is 33.9 Å². The summed E-state index contributed by atoms with van der Waals surface area (Å²) in [6, 6.07) is 6.00. The van der Waals surface area contributed by atoms with E-state index in [0.29, 0.717) is 17.0 Å². The van der Waals surface area contributed by atoms with Crippen molar-refractivity contribution in [3.05, 3.63) is 50.6 Å². The van der Waals surface area contributed by atoms with Gasteiger partial charge in [0, 0.05) is 22.6 Å². The summed E-state index contributed by atoms with van der Waals surface area (Å²) in [7, 11) is 1.36. The maximum Gasteiger partial charge on any atom is 0.311 e. The molecule has 0 aliphatic carbocycles. The molecule has 0 atom stereocenters. The number of rotatable bonds is 5. The molecule has 0 N–H and O–H groups in total. The molecule has 0 aliphatic rings. The molecule has 0 amide bonds. The molecule has 0 radical (unpaired) electrons. The van der Waals surface area contributed by atoms with Crippen molar-refractivity contribution in [3.8, 4) is 17.0 Å². The monoisotopic (exact) mass is 275 g/mol. The number of nitrogens with zero attached hydrogens (tertiary/aromatic N) is 5. The number of aromatic nitrogens is 1. The lowest BCUT2D eigenvalue weighted by Crippen LogP contribution is -1.94. The van der Waals surface area contributed by atoms with E-state index in [4.69, 9.17) is 14.8 Å². The summed E-state index contributed by atoms with van der Waals surface area (Å²) in [5.41, 5.74) is 8.97. The molecule has 0 saturated carbocycles. The average Bonchev–Trinajstić information content (AvgIpc) is 2.93. The van der Waals surface area contributed by atoms with Crippen molar-refractivity contribution in [1.82, 2.24) is 5.16 Å². The lowest BCUT2D eigenvalue weighted by atomic mass is 10.1. The second-order valence-electron chi connectivity index (χ2n) is 3.71. The minimum absolute atomic E-state index is 0.0295. The molecule has 2 rings (SSSR count). The van der Waals surface area contributed by atoms with Crippen molar-refractivity contribution in [2.24, 2.45) is 5.11 Å². The first-order chi connectivity index (χ1) is 9.65. The Hall–Kier alpha value is -3.06. The Kier molecular flexibility index (Phi) is 3.82. The standard InChI is InChI=1S/C11H9N5O4/c1-19-11-3-2-7(4-10(11)16(17)18)9-5-8(20-14-9)6-13-15-12/h2-5H,6H2,1H3. The molecule has 2 aromatic rings. The fourth-order valence-electron chi connectivity index (χ4n) is 1.62. The van der Waals surface area contributed by atoms with Gasteiger partial charge in [-0.1, -0.05) is 10.3 Å². The highest BCUT2D eigenvalue weighted by atomic mass is 16.6. The van der Waals surface area contributed by atoms with Crippen LogP contribution in [0, 0.1) is 10.1 Å². The van der Waals surface area contributed by atoms with E-state index >= 15 is 0 Å². The first kappa shape index (κ1) is 13.4. The molecule has 0 unspecified atom stereocenters. The Bertz CT molecular complexity index is 690. The van der Waals surface area contributed by atoms with Gasteiger partial charge in [-0.2, -0.15) is 0 Å². The molecular weight excluding hydrogens is 266 g/mol. The molecule has 0 saturated heterocycles. The third-order valence-corrected chi connectivity index (χ3v) is 2.52. The molecule has 102 valence electrons. The maximum atomic E-state index is 10.9. The lowest BCUT2D eigenvalue weighted by Gasteiger charge is -2.02. The van der Waals surface area contributed by atoms with E-state index in [1.54, 1.807) is 12.1 Å². The summed E-state index contributed by atoms with van der Waals surface area (Å²) in [5, 5.41) is 18.1. The molecule has 1 heterocycles. The van der Waals surface area contributed by atoms with Gasteiger partial charge in [-0.15, -0.1) is 0 Å². The van der Waals surface area contributed by atoms with Crippen molar-refractivity contribution in [1.29, 1.82) is 0 Å². The number of benzene rings is 1.